The van der Waals surface area contributed by atoms with Crippen LogP contribution in [0.15, 0.2) is 12.0 Å². The van der Waals surface area contributed by atoms with Crippen LogP contribution in [0.4, 0.5) is 13.2 Å². The SMILES string of the molecule is CCCCN(CCCC)C(F)=C(F)F. The fourth-order valence-electron chi connectivity index (χ4n) is 1.13. The molecule has 0 aromatic rings. The van der Waals surface area contributed by atoms with Crippen molar-refractivity contribution < 1.29 is 13.2 Å². The maximum atomic E-state index is 12.9. The fraction of sp³-hybridized carbons (Fsp3) is 0.800. The van der Waals surface area contributed by atoms with Crippen LogP contribution in [0, 0.1) is 0 Å². The molecule has 0 aliphatic rings. The summed E-state index contributed by atoms with van der Waals surface area (Å²) in [5.41, 5.74) is 0. The molecule has 1 nitrogen and oxygen atoms in total. The molecule has 0 heterocycles. The highest BCUT2D eigenvalue weighted by molar-refractivity contribution is 4.91. The van der Waals surface area contributed by atoms with E-state index < -0.39 is 12.0 Å². The first-order chi connectivity index (χ1) is 6.63. The van der Waals surface area contributed by atoms with Crippen molar-refractivity contribution in [1.29, 1.82) is 0 Å². The first-order valence-corrected chi connectivity index (χ1v) is 5.09. The van der Waals surface area contributed by atoms with Gasteiger partial charge in [0.05, 0.1) is 0 Å². The highest BCUT2D eigenvalue weighted by Crippen LogP contribution is 2.16. The lowest BCUT2D eigenvalue weighted by Crippen LogP contribution is -2.24. The predicted octanol–water partition coefficient (Wildman–Crippen LogP) is 3.92. The molecule has 4 heteroatoms. The molecule has 0 fully saturated rings. The molecule has 84 valence electrons. The summed E-state index contributed by atoms with van der Waals surface area (Å²) in [6, 6.07) is 0. The van der Waals surface area contributed by atoms with Gasteiger partial charge in [0.2, 0.25) is 0 Å². The number of unbranched alkanes of at least 4 members (excludes halogenated alkanes) is 2. The lowest BCUT2D eigenvalue weighted by molar-refractivity contribution is 0.223. The summed E-state index contributed by atoms with van der Waals surface area (Å²) in [6.45, 7) is 4.65. The third-order valence-corrected chi connectivity index (χ3v) is 2.00. The van der Waals surface area contributed by atoms with E-state index in [2.05, 4.69) is 0 Å². The van der Waals surface area contributed by atoms with Crippen LogP contribution < -0.4 is 0 Å². The Morgan fingerprint density at radius 2 is 1.36 bits per heavy atom. The number of halogens is 3. The highest BCUT2D eigenvalue weighted by atomic mass is 19.3. The van der Waals surface area contributed by atoms with Crippen LogP contribution in [-0.4, -0.2) is 18.0 Å². The second kappa shape index (κ2) is 7.71. The Labute approximate surface area is 83.6 Å². The highest BCUT2D eigenvalue weighted by Gasteiger charge is 2.13. The standard InChI is InChI=1S/C10H18F3N/c1-3-5-7-14(8-6-4-2)10(13)9(11)12/h3-8H2,1-2H3. The van der Waals surface area contributed by atoms with Gasteiger partial charge in [-0.2, -0.15) is 13.2 Å². The molecule has 0 saturated carbocycles. The molecule has 14 heavy (non-hydrogen) atoms. The fourth-order valence-corrected chi connectivity index (χ4v) is 1.13. The molecule has 0 N–H and O–H groups in total. The average molecular weight is 209 g/mol. The third kappa shape index (κ3) is 5.14. The minimum Gasteiger partial charge on any atom is -0.344 e. The Bertz CT molecular complexity index is 168. The zero-order valence-electron chi connectivity index (χ0n) is 8.82. The summed E-state index contributed by atoms with van der Waals surface area (Å²) in [5.74, 6) is -1.35. The van der Waals surface area contributed by atoms with Gasteiger partial charge in [0.25, 0.3) is 5.95 Å². The van der Waals surface area contributed by atoms with Crippen molar-refractivity contribution in [3.05, 3.63) is 12.0 Å². The van der Waals surface area contributed by atoms with Crippen molar-refractivity contribution in [3.63, 3.8) is 0 Å². The molecule has 0 aliphatic heterocycles. The third-order valence-electron chi connectivity index (χ3n) is 2.00. The van der Waals surface area contributed by atoms with Gasteiger partial charge < -0.3 is 4.90 Å². The molecule has 0 saturated heterocycles. The second-order valence-corrected chi connectivity index (χ2v) is 3.25. The molecule has 0 amide bonds. The number of rotatable bonds is 7. The van der Waals surface area contributed by atoms with E-state index in [4.69, 9.17) is 0 Å². The van der Waals surface area contributed by atoms with Gasteiger partial charge in [0.15, 0.2) is 0 Å². The van der Waals surface area contributed by atoms with Crippen LogP contribution in [-0.2, 0) is 0 Å². The quantitative estimate of drug-likeness (QED) is 0.574. The Morgan fingerprint density at radius 3 is 1.64 bits per heavy atom. The minimum absolute atomic E-state index is 0.375. The first-order valence-electron chi connectivity index (χ1n) is 5.09. The van der Waals surface area contributed by atoms with Crippen LogP contribution in [0.25, 0.3) is 0 Å². The van der Waals surface area contributed by atoms with E-state index in [0.29, 0.717) is 13.1 Å². The van der Waals surface area contributed by atoms with E-state index in [1.807, 2.05) is 13.8 Å². The molecule has 0 aromatic heterocycles. The van der Waals surface area contributed by atoms with Crippen LogP contribution in [0.1, 0.15) is 39.5 Å². The van der Waals surface area contributed by atoms with E-state index in [0.717, 1.165) is 30.6 Å². The van der Waals surface area contributed by atoms with E-state index >= 15 is 0 Å². The molecule has 0 aliphatic carbocycles. The summed E-state index contributed by atoms with van der Waals surface area (Å²) in [4.78, 5) is 1.13. The Kier molecular flexibility index (Phi) is 7.34. The molecule has 0 radical (unpaired) electrons. The minimum atomic E-state index is -2.21. The Morgan fingerprint density at radius 1 is 0.929 bits per heavy atom. The zero-order valence-corrected chi connectivity index (χ0v) is 8.82. The van der Waals surface area contributed by atoms with E-state index in [-0.39, 0.29) is 0 Å². The van der Waals surface area contributed by atoms with Gasteiger partial charge in [0, 0.05) is 13.1 Å². The lowest BCUT2D eigenvalue weighted by Gasteiger charge is -2.21. The molecule has 0 aromatic carbocycles. The van der Waals surface area contributed by atoms with Gasteiger partial charge in [-0.3, -0.25) is 0 Å². The lowest BCUT2D eigenvalue weighted by atomic mass is 10.3. The van der Waals surface area contributed by atoms with Crippen molar-refractivity contribution in [2.45, 2.75) is 39.5 Å². The second-order valence-electron chi connectivity index (χ2n) is 3.25. The average Bonchev–Trinajstić information content (AvgIpc) is 2.17. The van der Waals surface area contributed by atoms with Gasteiger partial charge >= 0.3 is 6.08 Å². The summed E-state index contributed by atoms with van der Waals surface area (Å²) in [5, 5.41) is 0. The smallest absolute Gasteiger partial charge is 0.322 e. The molecular formula is C10H18F3N. The normalized spacial score (nSPS) is 10.1. The van der Waals surface area contributed by atoms with Crippen molar-refractivity contribution >= 4 is 0 Å². The van der Waals surface area contributed by atoms with E-state index in [1.165, 1.54) is 0 Å². The predicted molar refractivity (Wildman–Crippen MR) is 51.7 cm³/mol. The maximum absolute atomic E-state index is 12.9. The molecule has 0 unspecified atom stereocenters. The van der Waals surface area contributed by atoms with Gasteiger partial charge in [-0.1, -0.05) is 26.7 Å². The van der Waals surface area contributed by atoms with E-state index in [1.54, 1.807) is 0 Å². The van der Waals surface area contributed by atoms with Crippen LogP contribution in [0.2, 0.25) is 0 Å². The van der Waals surface area contributed by atoms with Crippen molar-refractivity contribution in [1.82, 2.24) is 4.90 Å². The first kappa shape index (κ1) is 13.3. The van der Waals surface area contributed by atoms with Crippen LogP contribution in [0.3, 0.4) is 0 Å². The Balaban J connectivity index is 4.16. The summed E-state index contributed by atoms with van der Waals surface area (Å²) in [7, 11) is 0. The topological polar surface area (TPSA) is 3.24 Å². The number of hydrogen-bond acceptors (Lipinski definition) is 1. The van der Waals surface area contributed by atoms with Crippen molar-refractivity contribution in [3.8, 4) is 0 Å². The van der Waals surface area contributed by atoms with Gasteiger partial charge in [-0.15, -0.1) is 0 Å². The molecule has 0 bridgehead atoms. The van der Waals surface area contributed by atoms with Crippen LogP contribution in [0.5, 0.6) is 0 Å². The summed E-state index contributed by atoms with van der Waals surface area (Å²) >= 11 is 0. The summed E-state index contributed by atoms with van der Waals surface area (Å²) in [6.07, 6.45) is 1.03. The van der Waals surface area contributed by atoms with Crippen molar-refractivity contribution in [2.24, 2.45) is 0 Å². The van der Waals surface area contributed by atoms with Gasteiger partial charge in [-0.05, 0) is 12.8 Å². The van der Waals surface area contributed by atoms with E-state index in [9.17, 15) is 13.2 Å². The van der Waals surface area contributed by atoms with Crippen LogP contribution >= 0.6 is 0 Å². The summed E-state index contributed by atoms with van der Waals surface area (Å²) < 4.78 is 36.9. The molecular weight excluding hydrogens is 191 g/mol. The van der Waals surface area contributed by atoms with Gasteiger partial charge in [0.1, 0.15) is 0 Å². The Hall–Kier alpha value is -0.670. The zero-order chi connectivity index (χ0) is 11.0. The van der Waals surface area contributed by atoms with Gasteiger partial charge in [-0.25, -0.2) is 0 Å². The number of hydrogen-bond donors (Lipinski definition) is 0. The maximum Gasteiger partial charge on any atom is 0.322 e. The largest absolute Gasteiger partial charge is 0.344 e. The van der Waals surface area contributed by atoms with Crippen molar-refractivity contribution in [2.75, 3.05) is 13.1 Å². The molecule has 0 spiro atoms. The number of nitrogens with zero attached hydrogens (tertiary/aromatic N) is 1. The molecule has 0 rings (SSSR count). The monoisotopic (exact) mass is 209 g/mol. The molecule has 0 atom stereocenters.